The lowest BCUT2D eigenvalue weighted by atomic mass is 9.87. The van der Waals surface area contributed by atoms with Gasteiger partial charge < -0.3 is 0 Å². The average Bonchev–Trinajstić information content (AvgIpc) is 2.72. The van der Waals surface area contributed by atoms with E-state index in [1.165, 1.54) is 30.7 Å². The maximum atomic E-state index is 12.6. The van der Waals surface area contributed by atoms with Crippen LogP contribution in [0.5, 0.6) is 0 Å². The molecule has 0 atom stereocenters. The van der Waals surface area contributed by atoms with Gasteiger partial charge in [-0.2, -0.15) is 0 Å². The topological polar surface area (TPSA) is 130 Å². The van der Waals surface area contributed by atoms with E-state index in [0.29, 0.717) is 17.4 Å². The molecule has 0 aliphatic heterocycles. The van der Waals surface area contributed by atoms with Crippen LogP contribution in [0, 0.1) is 16.0 Å². The van der Waals surface area contributed by atoms with Crippen molar-refractivity contribution in [1.82, 2.24) is 5.43 Å². The largest absolute Gasteiger partial charge is 0.295 e. The maximum absolute atomic E-state index is 12.6. The van der Waals surface area contributed by atoms with Crippen LogP contribution in [0.4, 0.5) is 17.1 Å². The quantitative estimate of drug-likeness (QED) is 0.388. The average molecular weight is 467 g/mol. The fourth-order valence-corrected chi connectivity index (χ4v) is 4.80. The molecule has 0 aromatic heterocycles. The molecule has 3 N–H and O–H groups in total. The van der Waals surface area contributed by atoms with Crippen molar-refractivity contribution in [1.29, 1.82) is 0 Å². The third kappa shape index (κ3) is 6.31. The van der Waals surface area contributed by atoms with Crippen molar-refractivity contribution >= 4 is 44.6 Å². The molecule has 2 aromatic rings. The Hall–Kier alpha value is -2.85. The molecule has 1 amide bonds. The van der Waals surface area contributed by atoms with E-state index >= 15 is 0 Å². The number of nitro benzene ring substituents is 1. The SMILES string of the molecule is O=C(CC1CCCCC1)NNc1ccc(S(=O)(=O)Nc2cccc(Cl)c2)cc1[N+](=O)[O-]. The number of carbonyl (C=O) groups is 1. The molecule has 0 unspecified atom stereocenters. The van der Waals surface area contributed by atoms with Gasteiger partial charge in [0.1, 0.15) is 5.69 Å². The molecule has 0 saturated heterocycles. The summed E-state index contributed by atoms with van der Waals surface area (Å²) in [6, 6.07) is 9.49. The fourth-order valence-electron chi connectivity index (χ4n) is 3.54. The molecule has 166 valence electrons. The van der Waals surface area contributed by atoms with Gasteiger partial charge in [0, 0.05) is 17.5 Å². The summed E-state index contributed by atoms with van der Waals surface area (Å²) in [6.45, 7) is 0. The van der Waals surface area contributed by atoms with Crippen molar-refractivity contribution in [3.63, 3.8) is 0 Å². The van der Waals surface area contributed by atoms with E-state index in [9.17, 15) is 23.3 Å². The Morgan fingerprint density at radius 3 is 2.55 bits per heavy atom. The van der Waals surface area contributed by atoms with Crippen LogP contribution in [0.1, 0.15) is 38.5 Å². The number of carbonyl (C=O) groups excluding carboxylic acids is 1. The maximum Gasteiger partial charge on any atom is 0.295 e. The summed E-state index contributed by atoms with van der Waals surface area (Å²) >= 11 is 5.86. The zero-order chi connectivity index (χ0) is 22.4. The number of nitrogens with zero attached hydrogens (tertiary/aromatic N) is 1. The Balaban J connectivity index is 1.71. The van der Waals surface area contributed by atoms with Gasteiger partial charge in [-0.3, -0.25) is 30.5 Å². The minimum atomic E-state index is -4.08. The molecule has 0 heterocycles. The number of nitro groups is 1. The van der Waals surface area contributed by atoms with E-state index in [-0.39, 0.29) is 22.2 Å². The summed E-state index contributed by atoms with van der Waals surface area (Å²) in [5.41, 5.74) is 4.76. The van der Waals surface area contributed by atoms with E-state index in [1.807, 2.05) is 0 Å². The third-order valence-electron chi connectivity index (χ3n) is 5.09. The van der Waals surface area contributed by atoms with Crippen LogP contribution in [-0.2, 0) is 14.8 Å². The molecule has 3 rings (SSSR count). The van der Waals surface area contributed by atoms with Crippen LogP contribution < -0.4 is 15.6 Å². The van der Waals surface area contributed by atoms with Crippen LogP contribution in [0.3, 0.4) is 0 Å². The molecule has 1 fully saturated rings. The van der Waals surface area contributed by atoms with E-state index in [4.69, 9.17) is 11.6 Å². The second kappa shape index (κ2) is 9.97. The van der Waals surface area contributed by atoms with Gasteiger partial charge in [0.05, 0.1) is 15.5 Å². The lowest BCUT2D eigenvalue weighted by Gasteiger charge is -2.21. The highest BCUT2D eigenvalue weighted by Gasteiger charge is 2.23. The van der Waals surface area contributed by atoms with Crippen LogP contribution >= 0.6 is 11.6 Å². The van der Waals surface area contributed by atoms with Gasteiger partial charge in [0.25, 0.3) is 15.7 Å². The number of hydrazine groups is 1. The third-order valence-corrected chi connectivity index (χ3v) is 6.70. The molecule has 0 bridgehead atoms. The van der Waals surface area contributed by atoms with Crippen molar-refractivity contribution in [2.75, 3.05) is 10.1 Å². The van der Waals surface area contributed by atoms with E-state index in [0.717, 1.165) is 31.7 Å². The number of sulfonamides is 1. The van der Waals surface area contributed by atoms with Gasteiger partial charge in [-0.05, 0) is 49.1 Å². The fraction of sp³-hybridized carbons (Fsp3) is 0.350. The van der Waals surface area contributed by atoms with E-state index in [2.05, 4.69) is 15.6 Å². The zero-order valence-electron chi connectivity index (χ0n) is 16.6. The Kier molecular flexibility index (Phi) is 7.34. The van der Waals surface area contributed by atoms with Gasteiger partial charge in [-0.25, -0.2) is 8.42 Å². The summed E-state index contributed by atoms with van der Waals surface area (Å²) in [5.74, 6) is 0.0520. The van der Waals surface area contributed by atoms with Gasteiger partial charge in [-0.1, -0.05) is 36.9 Å². The molecule has 11 heteroatoms. The van der Waals surface area contributed by atoms with Gasteiger partial charge in [-0.15, -0.1) is 0 Å². The summed E-state index contributed by atoms with van der Waals surface area (Å²) in [6.07, 6.45) is 5.74. The van der Waals surface area contributed by atoms with Gasteiger partial charge >= 0.3 is 0 Å². The smallest absolute Gasteiger partial charge is 0.292 e. The first-order valence-corrected chi connectivity index (χ1v) is 11.7. The highest BCUT2D eigenvalue weighted by atomic mass is 35.5. The number of hydrogen-bond donors (Lipinski definition) is 3. The van der Waals surface area contributed by atoms with Crippen LogP contribution in [0.25, 0.3) is 0 Å². The Bertz CT molecular complexity index is 1070. The van der Waals surface area contributed by atoms with Crippen molar-refractivity contribution in [2.24, 2.45) is 5.92 Å². The molecule has 1 aliphatic rings. The predicted octanol–water partition coefficient (Wildman–Crippen LogP) is 4.46. The summed E-state index contributed by atoms with van der Waals surface area (Å²) in [7, 11) is -4.08. The molecule has 1 saturated carbocycles. The number of benzene rings is 2. The van der Waals surface area contributed by atoms with Crippen molar-refractivity contribution in [3.05, 3.63) is 57.6 Å². The van der Waals surface area contributed by atoms with Gasteiger partial charge in [0.2, 0.25) is 5.91 Å². The monoisotopic (exact) mass is 466 g/mol. The highest BCUT2D eigenvalue weighted by Crippen LogP contribution is 2.29. The standard InChI is InChI=1S/C20H23ClN4O5S/c21-15-7-4-8-16(12-15)24-31(29,30)17-9-10-18(19(13-17)25(27)28)22-23-20(26)11-14-5-2-1-3-6-14/h4,7-10,12-14,22,24H,1-3,5-6,11H2,(H,23,26). The first kappa shape index (κ1) is 22.8. The number of halogens is 1. The summed E-state index contributed by atoms with van der Waals surface area (Å²) in [4.78, 5) is 22.6. The molecular weight excluding hydrogens is 444 g/mol. The Morgan fingerprint density at radius 1 is 1.13 bits per heavy atom. The Labute approximate surface area is 185 Å². The molecule has 1 aliphatic carbocycles. The minimum absolute atomic E-state index is 0.0105. The van der Waals surface area contributed by atoms with Crippen molar-refractivity contribution in [2.45, 2.75) is 43.4 Å². The van der Waals surface area contributed by atoms with Crippen molar-refractivity contribution < 1.29 is 18.1 Å². The van der Waals surface area contributed by atoms with Crippen molar-refractivity contribution in [3.8, 4) is 0 Å². The normalized spacial score (nSPS) is 14.6. The Morgan fingerprint density at radius 2 is 1.87 bits per heavy atom. The molecule has 0 spiro atoms. The number of anilines is 2. The number of rotatable bonds is 8. The predicted molar refractivity (Wildman–Crippen MR) is 118 cm³/mol. The number of hydrogen-bond acceptors (Lipinski definition) is 6. The summed E-state index contributed by atoms with van der Waals surface area (Å²) < 4.78 is 27.6. The minimum Gasteiger partial charge on any atom is -0.292 e. The van der Waals surface area contributed by atoms with Gasteiger partial charge in [0.15, 0.2) is 0 Å². The first-order chi connectivity index (χ1) is 14.7. The van der Waals surface area contributed by atoms with Crippen LogP contribution in [-0.4, -0.2) is 19.2 Å². The molecule has 2 aromatic carbocycles. The molecule has 9 nitrogen and oxygen atoms in total. The molecule has 0 radical (unpaired) electrons. The van der Waals surface area contributed by atoms with E-state index < -0.39 is 20.6 Å². The van der Waals surface area contributed by atoms with Crippen LogP contribution in [0.15, 0.2) is 47.4 Å². The second-order valence-electron chi connectivity index (χ2n) is 7.43. The summed E-state index contributed by atoms with van der Waals surface area (Å²) in [5, 5.41) is 11.8. The number of nitrogens with one attached hydrogen (secondary N) is 3. The zero-order valence-corrected chi connectivity index (χ0v) is 18.2. The lowest BCUT2D eigenvalue weighted by molar-refractivity contribution is -0.384. The molecular formula is C20H23ClN4O5S. The van der Waals surface area contributed by atoms with E-state index in [1.54, 1.807) is 12.1 Å². The molecule has 31 heavy (non-hydrogen) atoms. The highest BCUT2D eigenvalue weighted by molar-refractivity contribution is 7.92. The second-order valence-corrected chi connectivity index (χ2v) is 9.55. The first-order valence-electron chi connectivity index (χ1n) is 9.86. The number of amides is 1. The lowest BCUT2D eigenvalue weighted by Crippen LogP contribution is -2.31. The van der Waals surface area contributed by atoms with Crippen LogP contribution in [0.2, 0.25) is 5.02 Å².